The van der Waals surface area contributed by atoms with E-state index in [1.54, 1.807) is 68.4 Å². The van der Waals surface area contributed by atoms with Gasteiger partial charge in [0.1, 0.15) is 0 Å². The fraction of sp³-hybridized carbons (Fsp3) is 0.214. The molecular formula is C28H23F3O4. The van der Waals surface area contributed by atoms with Gasteiger partial charge in [0.05, 0.1) is 18.8 Å². The summed E-state index contributed by atoms with van der Waals surface area (Å²) in [5.41, 5.74) is -0.0477. The van der Waals surface area contributed by atoms with Crippen molar-refractivity contribution in [1.82, 2.24) is 0 Å². The molecule has 0 heterocycles. The van der Waals surface area contributed by atoms with Gasteiger partial charge in [-0.05, 0) is 53.8 Å². The number of fused-ring (bicyclic) bond motifs is 1. The van der Waals surface area contributed by atoms with E-state index in [0.29, 0.717) is 33.4 Å². The Hall–Kier alpha value is -3.87. The summed E-state index contributed by atoms with van der Waals surface area (Å²) in [7, 11) is 0. The van der Waals surface area contributed by atoms with Gasteiger partial charge in [-0.2, -0.15) is 13.2 Å². The van der Waals surface area contributed by atoms with Crippen LogP contribution in [-0.4, -0.2) is 25.2 Å². The molecule has 0 N–H and O–H groups in total. The molecule has 7 heteroatoms. The Balaban J connectivity index is 2.12. The van der Waals surface area contributed by atoms with Crippen LogP contribution < -0.4 is 0 Å². The first-order valence-corrected chi connectivity index (χ1v) is 11.2. The molecule has 0 bridgehead atoms. The molecule has 35 heavy (non-hydrogen) atoms. The number of benzene rings is 3. The van der Waals surface area contributed by atoms with E-state index in [1.165, 1.54) is 12.1 Å². The normalized spacial score (nSPS) is 14.4. The zero-order valence-electron chi connectivity index (χ0n) is 19.2. The Kier molecular flexibility index (Phi) is 6.52. The van der Waals surface area contributed by atoms with Crippen molar-refractivity contribution < 1.29 is 32.2 Å². The number of carbonyl (C=O) groups is 2. The lowest BCUT2D eigenvalue weighted by Crippen LogP contribution is -2.46. The minimum absolute atomic E-state index is 0.0276. The highest BCUT2D eigenvalue weighted by Crippen LogP contribution is 2.54. The summed E-state index contributed by atoms with van der Waals surface area (Å²) >= 11 is 0. The van der Waals surface area contributed by atoms with Crippen molar-refractivity contribution >= 4 is 23.1 Å². The summed E-state index contributed by atoms with van der Waals surface area (Å²) in [4.78, 5) is 27.4. The van der Waals surface area contributed by atoms with E-state index in [-0.39, 0.29) is 13.2 Å². The summed E-state index contributed by atoms with van der Waals surface area (Å²) in [6.45, 7) is 3.33. The van der Waals surface area contributed by atoms with Gasteiger partial charge in [0, 0.05) is 5.57 Å². The van der Waals surface area contributed by atoms with Crippen LogP contribution in [0.5, 0.6) is 0 Å². The van der Waals surface area contributed by atoms with Crippen LogP contribution in [0.1, 0.15) is 41.7 Å². The maximum atomic E-state index is 13.7. The smallest absolute Gasteiger partial charge is 0.416 e. The van der Waals surface area contributed by atoms with Crippen molar-refractivity contribution in [3.8, 4) is 0 Å². The zero-order chi connectivity index (χ0) is 25.2. The van der Waals surface area contributed by atoms with Crippen molar-refractivity contribution in [3.05, 3.63) is 107 Å². The maximum Gasteiger partial charge on any atom is 0.416 e. The molecule has 3 aromatic rings. The van der Waals surface area contributed by atoms with Crippen LogP contribution >= 0.6 is 0 Å². The lowest BCUT2D eigenvalue weighted by atomic mass is 9.74. The molecule has 4 nitrogen and oxygen atoms in total. The molecule has 0 atom stereocenters. The van der Waals surface area contributed by atoms with Crippen molar-refractivity contribution in [2.45, 2.75) is 25.4 Å². The number of alkyl halides is 3. The van der Waals surface area contributed by atoms with Crippen LogP contribution in [0.3, 0.4) is 0 Å². The van der Waals surface area contributed by atoms with Gasteiger partial charge in [0.2, 0.25) is 5.41 Å². The van der Waals surface area contributed by atoms with Crippen LogP contribution in [0.15, 0.2) is 78.9 Å². The molecule has 1 aliphatic carbocycles. The molecule has 0 unspecified atom stereocenters. The van der Waals surface area contributed by atoms with Gasteiger partial charge in [0.25, 0.3) is 0 Å². The van der Waals surface area contributed by atoms with Crippen LogP contribution in [0, 0.1) is 0 Å². The molecule has 0 saturated carbocycles. The predicted molar refractivity (Wildman–Crippen MR) is 125 cm³/mol. The van der Waals surface area contributed by atoms with Gasteiger partial charge in [-0.3, -0.25) is 9.59 Å². The van der Waals surface area contributed by atoms with E-state index < -0.39 is 29.1 Å². The van der Waals surface area contributed by atoms with Crippen molar-refractivity contribution in [1.29, 1.82) is 0 Å². The maximum absolute atomic E-state index is 13.7. The van der Waals surface area contributed by atoms with E-state index in [2.05, 4.69) is 0 Å². The molecule has 180 valence electrons. The average molecular weight is 480 g/mol. The molecule has 4 rings (SSSR count). The molecular weight excluding hydrogens is 457 g/mol. The summed E-state index contributed by atoms with van der Waals surface area (Å²) in [5.74, 6) is -1.60. The molecule has 0 fully saturated rings. The fourth-order valence-electron chi connectivity index (χ4n) is 4.56. The van der Waals surface area contributed by atoms with Gasteiger partial charge in [-0.25, -0.2) is 0 Å². The van der Waals surface area contributed by atoms with Crippen molar-refractivity contribution in [3.63, 3.8) is 0 Å². The summed E-state index contributed by atoms with van der Waals surface area (Å²) in [6.07, 6.45) is -4.50. The molecule has 0 spiro atoms. The molecule has 0 saturated heterocycles. The van der Waals surface area contributed by atoms with E-state index in [4.69, 9.17) is 9.47 Å². The number of esters is 2. The number of carbonyl (C=O) groups excluding carboxylic acids is 2. The molecule has 0 radical (unpaired) electrons. The topological polar surface area (TPSA) is 52.6 Å². The highest BCUT2D eigenvalue weighted by Gasteiger charge is 2.59. The van der Waals surface area contributed by atoms with Crippen LogP contribution in [0.25, 0.3) is 11.1 Å². The number of halogens is 3. The molecule has 0 aliphatic heterocycles. The highest BCUT2D eigenvalue weighted by atomic mass is 19.4. The second kappa shape index (κ2) is 9.41. The second-order valence-corrected chi connectivity index (χ2v) is 7.93. The van der Waals surface area contributed by atoms with E-state index in [9.17, 15) is 22.8 Å². The van der Waals surface area contributed by atoms with Crippen LogP contribution in [0.2, 0.25) is 0 Å². The summed E-state index contributed by atoms with van der Waals surface area (Å²) < 4.78 is 50.6. The van der Waals surface area contributed by atoms with Crippen LogP contribution in [0.4, 0.5) is 13.2 Å². The summed E-state index contributed by atoms with van der Waals surface area (Å²) in [6, 6.07) is 20.3. The van der Waals surface area contributed by atoms with E-state index >= 15 is 0 Å². The Morgan fingerprint density at radius 2 is 1.29 bits per heavy atom. The SMILES string of the molecule is CCOC(=O)C1(C(=O)OCC)C(c2ccccc2)=C(c2ccc(C(F)(F)F)cc2)c2ccccc21. The third-order valence-electron chi connectivity index (χ3n) is 5.95. The monoisotopic (exact) mass is 480 g/mol. The molecule has 3 aromatic carbocycles. The first-order chi connectivity index (χ1) is 16.8. The first kappa shape index (κ1) is 24.3. The molecule has 0 aromatic heterocycles. The fourth-order valence-corrected chi connectivity index (χ4v) is 4.56. The quantitative estimate of drug-likeness (QED) is 0.319. The van der Waals surface area contributed by atoms with E-state index in [1.807, 2.05) is 0 Å². The van der Waals surface area contributed by atoms with Crippen molar-refractivity contribution in [2.24, 2.45) is 0 Å². The number of hydrogen-bond donors (Lipinski definition) is 0. The Morgan fingerprint density at radius 1 is 0.743 bits per heavy atom. The number of hydrogen-bond acceptors (Lipinski definition) is 4. The molecule has 0 amide bonds. The molecule has 1 aliphatic rings. The van der Waals surface area contributed by atoms with Gasteiger partial charge < -0.3 is 9.47 Å². The third kappa shape index (κ3) is 4.01. The Labute approximate surface area is 201 Å². The minimum Gasteiger partial charge on any atom is -0.465 e. The zero-order valence-corrected chi connectivity index (χ0v) is 19.2. The Morgan fingerprint density at radius 3 is 1.83 bits per heavy atom. The average Bonchev–Trinajstić information content (AvgIpc) is 3.16. The van der Waals surface area contributed by atoms with Gasteiger partial charge >= 0.3 is 18.1 Å². The third-order valence-corrected chi connectivity index (χ3v) is 5.95. The number of ether oxygens (including phenoxy) is 2. The largest absolute Gasteiger partial charge is 0.465 e. The first-order valence-electron chi connectivity index (χ1n) is 11.2. The summed E-state index contributed by atoms with van der Waals surface area (Å²) in [5, 5.41) is 0. The Bertz CT molecular complexity index is 1260. The number of rotatable bonds is 6. The van der Waals surface area contributed by atoms with Gasteiger partial charge in [0.15, 0.2) is 0 Å². The van der Waals surface area contributed by atoms with Crippen molar-refractivity contribution in [2.75, 3.05) is 13.2 Å². The van der Waals surface area contributed by atoms with Crippen LogP contribution in [-0.2, 0) is 30.7 Å². The lowest BCUT2D eigenvalue weighted by Gasteiger charge is -2.29. The van der Waals surface area contributed by atoms with E-state index in [0.717, 1.165) is 12.1 Å². The highest BCUT2D eigenvalue weighted by molar-refractivity contribution is 6.27. The minimum atomic E-state index is -4.50. The lowest BCUT2D eigenvalue weighted by molar-refractivity contribution is -0.161. The second-order valence-electron chi connectivity index (χ2n) is 7.93. The van der Waals surface area contributed by atoms with Gasteiger partial charge in [-0.15, -0.1) is 0 Å². The standard InChI is InChI=1S/C28H23F3O4/c1-3-34-25(32)27(26(33)35-4-2)22-13-9-8-12-21(22)23(24(27)19-10-6-5-7-11-19)18-14-16-20(17-15-18)28(29,30)31/h5-17H,3-4H2,1-2H3. The predicted octanol–water partition coefficient (Wildman–Crippen LogP) is 6.04. The van der Waals surface area contributed by atoms with Gasteiger partial charge in [-0.1, -0.05) is 66.7 Å².